The number of carbonyl (C=O) groups excluding carboxylic acids is 3. The average molecular weight is 685 g/mol. The van der Waals surface area contributed by atoms with E-state index in [1.165, 1.54) is 17.0 Å². The van der Waals surface area contributed by atoms with Gasteiger partial charge in [-0.25, -0.2) is 14.4 Å². The molecule has 0 bridgehead atoms. The van der Waals surface area contributed by atoms with Gasteiger partial charge in [0.05, 0.1) is 17.3 Å². The number of hydrogen-bond donors (Lipinski definition) is 2. The van der Waals surface area contributed by atoms with Crippen molar-refractivity contribution in [3.05, 3.63) is 155 Å². The predicted octanol–water partition coefficient (Wildman–Crippen LogP) is 7.77. The van der Waals surface area contributed by atoms with Crippen molar-refractivity contribution < 1.29 is 18.8 Å². The molecule has 2 N–H and O–H groups in total. The zero-order chi connectivity index (χ0) is 35.0. The van der Waals surface area contributed by atoms with Crippen LogP contribution in [0.15, 0.2) is 127 Å². The van der Waals surface area contributed by atoms with E-state index in [0.29, 0.717) is 29.0 Å². The standard InChI is InChI=1S/C30H23N5O2S.C9H10FNO/c1-19(20-7-3-2-4-8-20)31-28(36)22-11-13-25-21(17-22)12-14-27(32-25)34-29(37)24-10-6-5-9-23(24)26-18-35-15-16-38-30(35)33-26;1-11(7-12)6-8-2-4-9(10)5-3-8/h2-19H,1H3,(H,31,36)(H,32,34,37);2-5,7H,6H2,1H3. The van der Waals surface area contributed by atoms with E-state index >= 15 is 0 Å². The number of benzene rings is 4. The fraction of sp³-hybridized carbons (Fsp3) is 0.103. The van der Waals surface area contributed by atoms with Crippen molar-refractivity contribution in [3.8, 4) is 11.3 Å². The Bertz CT molecular complexity index is 2240. The summed E-state index contributed by atoms with van der Waals surface area (Å²) in [6.45, 7) is 2.47. The van der Waals surface area contributed by atoms with Crippen molar-refractivity contribution in [1.82, 2.24) is 24.6 Å². The Kier molecular flexibility index (Phi) is 10.3. The lowest BCUT2D eigenvalue weighted by molar-refractivity contribution is -0.117. The quantitative estimate of drug-likeness (QED) is 0.151. The lowest BCUT2D eigenvalue weighted by atomic mass is 10.0. The van der Waals surface area contributed by atoms with Gasteiger partial charge in [-0.15, -0.1) is 11.3 Å². The molecule has 7 aromatic rings. The van der Waals surface area contributed by atoms with E-state index in [4.69, 9.17) is 0 Å². The Morgan fingerprint density at radius 1 is 0.920 bits per heavy atom. The SMILES string of the molecule is CC(NC(=O)c1ccc2nc(NC(=O)c3ccccc3-c3cn4ccsc4n3)ccc2c1)c1ccccc1.CN(C=O)Cc1ccc(F)cc1. The van der Waals surface area contributed by atoms with Crippen LogP contribution in [-0.2, 0) is 11.3 Å². The van der Waals surface area contributed by atoms with Crippen LogP contribution in [0.25, 0.3) is 27.1 Å². The highest BCUT2D eigenvalue weighted by Crippen LogP contribution is 2.26. The number of nitrogens with zero attached hydrogens (tertiary/aromatic N) is 4. The molecular weight excluding hydrogens is 652 g/mol. The largest absolute Gasteiger partial charge is 0.346 e. The van der Waals surface area contributed by atoms with E-state index in [2.05, 4.69) is 20.6 Å². The molecule has 0 saturated heterocycles. The summed E-state index contributed by atoms with van der Waals surface area (Å²) >= 11 is 1.54. The Morgan fingerprint density at radius 3 is 2.44 bits per heavy atom. The van der Waals surface area contributed by atoms with E-state index in [9.17, 15) is 18.8 Å². The molecule has 0 aliphatic rings. The molecule has 50 heavy (non-hydrogen) atoms. The minimum absolute atomic E-state index is 0.114. The molecule has 0 aliphatic carbocycles. The maximum atomic E-state index is 13.2. The maximum Gasteiger partial charge on any atom is 0.257 e. The van der Waals surface area contributed by atoms with E-state index in [1.807, 2.05) is 83.7 Å². The van der Waals surface area contributed by atoms with Crippen LogP contribution in [0.4, 0.5) is 10.2 Å². The number of thiazole rings is 1. The van der Waals surface area contributed by atoms with Gasteiger partial charge in [0.25, 0.3) is 11.8 Å². The highest BCUT2D eigenvalue weighted by Gasteiger charge is 2.17. The predicted molar refractivity (Wildman–Crippen MR) is 194 cm³/mol. The summed E-state index contributed by atoms with van der Waals surface area (Å²) in [6.07, 6.45) is 4.60. The number of amides is 3. The van der Waals surface area contributed by atoms with Gasteiger partial charge in [-0.05, 0) is 66.6 Å². The zero-order valence-corrected chi connectivity index (χ0v) is 28.1. The average Bonchev–Trinajstić information content (AvgIpc) is 3.76. The summed E-state index contributed by atoms with van der Waals surface area (Å²) in [5.41, 5.74) is 5.19. The summed E-state index contributed by atoms with van der Waals surface area (Å²) in [5, 5.41) is 8.72. The molecule has 9 nitrogen and oxygen atoms in total. The second kappa shape index (κ2) is 15.3. The number of fused-ring (bicyclic) bond motifs is 2. The molecule has 1 unspecified atom stereocenters. The van der Waals surface area contributed by atoms with Crippen LogP contribution < -0.4 is 10.6 Å². The van der Waals surface area contributed by atoms with E-state index in [0.717, 1.165) is 39.1 Å². The third kappa shape index (κ3) is 8.08. The van der Waals surface area contributed by atoms with E-state index < -0.39 is 0 Å². The first-order chi connectivity index (χ1) is 24.3. The van der Waals surface area contributed by atoms with Crippen molar-refractivity contribution in [2.45, 2.75) is 19.5 Å². The fourth-order valence-electron chi connectivity index (χ4n) is 5.30. The molecule has 11 heteroatoms. The van der Waals surface area contributed by atoms with E-state index in [1.54, 1.807) is 60.8 Å². The normalized spacial score (nSPS) is 11.3. The van der Waals surface area contributed by atoms with Crippen LogP contribution in [0, 0.1) is 5.82 Å². The van der Waals surface area contributed by atoms with Crippen molar-refractivity contribution in [1.29, 1.82) is 0 Å². The molecule has 1 atom stereocenters. The molecule has 3 aromatic heterocycles. The molecule has 3 heterocycles. The van der Waals surface area contributed by atoms with Crippen molar-refractivity contribution in [2.75, 3.05) is 12.4 Å². The lowest BCUT2D eigenvalue weighted by Gasteiger charge is -2.14. The first-order valence-corrected chi connectivity index (χ1v) is 16.6. The lowest BCUT2D eigenvalue weighted by Crippen LogP contribution is -2.26. The molecule has 250 valence electrons. The summed E-state index contributed by atoms with van der Waals surface area (Å²) in [6, 6.07) is 32.1. The molecule has 7 rings (SSSR count). The molecule has 0 spiro atoms. The van der Waals surface area contributed by atoms with Gasteiger partial charge in [0.15, 0.2) is 4.96 Å². The number of aromatic nitrogens is 3. The molecular formula is C39H33FN6O3S. The van der Waals surface area contributed by atoms with Crippen LogP contribution in [0.1, 0.15) is 44.8 Å². The zero-order valence-electron chi connectivity index (χ0n) is 27.3. The summed E-state index contributed by atoms with van der Waals surface area (Å²) in [5.74, 6) is -0.253. The number of anilines is 1. The molecule has 0 fully saturated rings. The van der Waals surface area contributed by atoms with Gasteiger partial charge in [-0.1, -0.05) is 60.7 Å². The van der Waals surface area contributed by atoms with Crippen LogP contribution in [0.2, 0.25) is 0 Å². The fourth-order valence-corrected chi connectivity index (χ4v) is 6.00. The van der Waals surface area contributed by atoms with Gasteiger partial charge in [0, 0.05) is 53.4 Å². The Balaban J connectivity index is 0.000000306. The van der Waals surface area contributed by atoms with Gasteiger partial charge < -0.3 is 15.5 Å². The number of pyridine rings is 1. The number of rotatable bonds is 9. The van der Waals surface area contributed by atoms with Crippen LogP contribution >= 0.6 is 11.3 Å². The summed E-state index contributed by atoms with van der Waals surface area (Å²) < 4.78 is 14.4. The number of imidazole rings is 1. The smallest absolute Gasteiger partial charge is 0.257 e. The second-order valence-electron chi connectivity index (χ2n) is 11.6. The minimum Gasteiger partial charge on any atom is -0.346 e. The monoisotopic (exact) mass is 684 g/mol. The molecule has 0 aliphatic heterocycles. The number of nitrogens with one attached hydrogen (secondary N) is 2. The van der Waals surface area contributed by atoms with Crippen LogP contribution in [-0.4, -0.2) is 44.5 Å². The number of carbonyl (C=O) groups is 3. The third-order valence-electron chi connectivity index (χ3n) is 7.91. The van der Waals surface area contributed by atoms with Crippen molar-refractivity contribution >= 4 is 51.2 Å². The molecule has 3 amide bonds. The maximum absolute atomic E-state index is 13.2. The number of halogens is 1. The molecule has 0 radical (unpaired) electrons. The topological polar surface area (TPSA) is 109 Å². The van der Waals surface area contributed by atoms with Gasteiger partial charge in [-0.2, -0.15) is 0 Å². The van der Waals surface area contributed by atoms with Gasteiger partial charge in [0.2, 0.25) is 6.41 Å². The van der Waals surface area contributed by atoms with Gasteiger partial charge in [-0.3, -0.25) is 18.8 Å². The van der Waals surface area contributed by atoms with Gasteiger partial charge in [0.1, 0.15) is 11.6 Å². The Labute approximate surface area is 292 Å². The second-order valence-corrected chi connectivity index (χ2v) is 12.4. The first-order valence-electron chi connectivity index (χ1n) is 15.8. The summed E-state index contributed by atoms with van der Waals surface area (Å²) in [7, 11) is 1.68. The van der Waals surface area contributed by atoms with Crippen molar-refractivity contribution in [3.63, 3.8) is 0 Å². The summed E-state index contributed by atoms with van der Waals surface area (Å²) in [4.78, 5) is 47.9. The highest BCUT2D eigenvalue weighted by molar-refractivity contribution is 7.15. The third-order valence-corrected chi connectivity index (χ3v) is 8.68. The Hall–Kier alpha value is -6.20. The van der Waals surface area contributed by atoms with Crippen LogP contribution in [0.5, 0.6) is 0 Å². The minimum atomic E-state index is -0.269. The molecule has 4 aromatic carbocycles. The first kappa shape index (κ1) is 33.7. The van der Waals surface area contributed by atoms with Gasteiger partial charge >= 0.3 is 0 Å². The number of hydrogen-bond acceptors (Lipinski definition) is 6. The highest BCUT2D eigenvalue weighted by atomic mass is 32.1. The van der Waals surface area contributed by atoms with Crippen LogP contribution in [0.3, 0.4) is 0 Å². The van der Waals surface area contributed by atoms with E-state index in [-0.39, 0.29) is 23.7 Å². The molecule has 0 saturated carbocycles. The Morgan fingerprint density at radius 2 is 1.68 bits per heavy atom. The van der Waals surface area contributed by atoms with Crippen molar-refractivity contribution in [2.24, 2.45) is 0 Å².